The Hall–Kier alpha value is -0.510. The number of hydrogen-bond acceptors (Lipinski definition) is 5. The molecule has 0 aliphatic carbocycles. The zero-order valence-electron chi connectivity index (χ0n) is 9.88. The molecular weight excluding hydrogens is 342 g/mol. The summed E-state index contributed by atoms with van der Waals surface area (Å²) in [4.78, 5) is 3.67. The van der Waals surface area contributed by atoms with Gasteiger partial charge in [-0.15, -0.1) is 0 Å². The Labute approximate surface area is 117 Å². The fourth-order valence-corrected chi connectivity index (χ4v) is 3.21. The van der Waals surface area contributed by atoms with Crippen LogP contribution in [0.4, 0.5) is 5.82 Å². The van der Waals surface area contributed by atoms with Gasteiger partial charge in [0.15, 0.2) is 0 Å². The van der Waals surface area contributed by atoms with E-state index in [1.165, 1.54) is 18.5 Å². The highest BCUT2D eigenvalue weighted by molar-refractivity contribution is 9.10. The van der Waals surface area contributed by atoms with Crippen LogP contribution in [0.1, 0.15) is 6.92 Å². The minimum Gasteiger partial charge on any atom is -0.383 e. The number of anilines is 1. The van der Waals surface area contributed by atoms with Crippen LogP contribution < -0.4 is 10.5 Å². The largest absolute Gasteiger partial charge is 0.383 e. The third-order valence-corrected chi connectivity index (χ3v) is 5.45. The minimum absolute atomic E-state index is 0.0732. The highest BCUT2D eigenvalue weighted by atomic mass is 79.9. The van der Waals surface area contributed by atoms with Gasteiger partial charge in [0.05, 0.1) is 0 Å². The van der Waals surface area contributed by atoms with Crippen LogP contribution in [0.3, 0.4) is 0 Å². The summed E-state index contributed by atoms with van der Waals surface area (Å²) in [5.74, 6) is -0.0732. The maximum Gasteiger partial charge on any atom is 0.244 e. The molecule has 1 heterocycles. The average Bonchev–Trinajstić information content (AvgIpc) is 2.29. The molecule has 102 valence electrons. The number of pyridine rings is 1. The van der Waals surface area contributed by atoms with Gasteiger partial charge in [0, 0.05) is 39.5 Å². The summed E-state index contributed by atoms with van der Waals surface area (Å²) < 4.78 is 38.0. The van der Waals surface area contributed by atoms with Gasteiger partial charge >= 0.3 is 0 Å². The van der Waals surface area contributed by atoms with Crippen LogP contribution in [0.5, 0.6) is 0 Å². The summed E-state index contributed by atoms with van der Waals surface area (Å²) in [5.41, 5.74) is 5.53. The standard InChI is InChI=1S/C9H14BrN3O3S2/c1-6(17(2)14)4-13-18(15,16)8-3-7(10)5-12-9(8)11/h3,5-6,13H,4H2,1-2H3,(H2,11,12). The van der Waals surface area contributed by atoms with E-state index < -0.39 is 20.8 Å². The second-order valence-electron chi connectivity index (χ2n) is 3.70. The van der Waals surface area contributed by atoms with Crippen molar-refractivity contribution >= 4 is 42.6 Å². The molecule has 0 spiro atoms. The van der Waals surface area contributed by atoms with Crippen LogP contribution in [0.15, 0.2) is 21.6 Å². The first kappa shape index (κ1) is 15.5. The maximum absolute atomic E-state index is 12.0. The van der Waals surface area contributed by atoms with Crippen LogP contribution >= 0.6 is 15.9 Å². The fourth-order valence-electron chi connectivity index (χ4n) is 1.07. The number of nitrogen functional groups attached to an aromatic ring is 1. The van der Waals surface area contributed by atoms with Gasteiger partial charge in [0.1, 0.15) is 10.7 Å². The Balaban J connectivity index is 2.93. The second-order valence-corrected chi connectivity index (χ2v) is 8.15. The van der Waals surface area contributed by atoms with Gasteiger partial charge in [0.2, 0.25) is 10.0 Å². The molecule has 0 amide bonds. The van der Waals surface area contributed by atoms with Gasteiger partial charge in [-0.2, -0.15) is 0 Å². The molecular formula is C9H14BrN3O3S2. The zero-order chi connectivity index (χ0) is 13.9. The smallest absolute Gasteiger partial charge is 0.244 e. The number of halogens is 1. The molecule has 2 atom stereocenters. The molecule has 18 heavy (non-hydrogen) atoms. The van der Waals surface area contributed by atoms with Crippen LogP contribution in [0.25, 0.3) is 0 Å². The van der Waals surface area contributed by atoms with E-state index in [1.54, 1.807) is 6.92 Å². The quantitative estimate of drug-likeness (QED) is 0.799. The molecule has 0 saturated carbocycles. The number of rotatable bonds is 5. The fraction of sp³-hybridized carbons (Fsp3) is 0.444. The first-order valence-corrected chi connectivity index (χ1v) is 8.86. The highest BCUT2D eigenvalue weighted by Crippen LogP contribution is 2.20. The third kappa shape index (κ3) is 4.01. The first-order chi connectivity index (χ1) is 8.24. The van der Waals surface area contributed by atoms with E-state index >= 15 is 0 Å². The Bertz CT molecular complexity index is 562. The number of nitrogens with one attached hydrogen (secondary N) is 1. The van der Waals surface area contributed by atoms with Crippen LogP contribution in [-0.2, 0) is 20.8 Å². The highest BCUT2D eigenvalue weighted by Gasteiger charge is 2.20. The molecule has 2 unspecified atom stereocenters. The lowest BCUT2D eigenvalue weighted by Crippen LogP contribution is -2.33. The molecule has 6 nitrogen and oxygen atoms in total. The van der Waals surface area contributed by atoms with Crippen molar-refractivity contribution in [3.63, 3.8) is 0 Å². The average molecular weight is 356 g/mol. The molecule has 0 radical (unpaired) electrons. The number of hydrogen-bond donors (Lipinski definition) is 2. The molecule has 0 saturated heterocycles. The summed E-state index contributed by atoms with van der Waals surface area (Å²) in [7, 11) is -4.84. The van der Waals surface area contributed by atoms with E-state index in [1.807, 2.05) is 0 Å². The Morgan fingerprint density at radius 3 is 2.78 bits per heavy atom. The topological polar surface area (TPSA) is 102 Å². The number of sulfonamides is 1. The minimum atomic E-state index is -3.74. The van der Waals surface area contributed by atoms with E-state index in [0.717, 1.165) is 0 Å². The SMILES string of the molecule is CC(CNS(=O)(=O)c1cc(Br)cnc1N)S(C)=O. The lowest BCUT2D eigenvalue weighted by Gasteiger charge is -2.11. The molecule has 0 bridgehead atoms. The van der Waals surface area contributed by atoms with Crippen molar-refractivity contribution in [3.05, 3.63) is 16.7 Å². The van der Waals surface area contributed by atoms with Crippen molar-refractivity contribution in [2.45, 2.75) is 17.1 Å². The monoisotopic (exact) mass is 355 g/mol. The Kier molecular flexibility index (Phi) is 5.26. The zero-order valence-corrected chi connectivity index (χ0v) is 13.1. The number of nitrogens with zero attached hydrogens (tertiary/aromatic N) is 1. The van der Waals surface area contributed by atoms with Gasteiger partial charge in [-0.1, -0.05) is 0 Å². The van der Waals surface area contributed by atoms with Crippen molar-refractivity contribution in [1.82, 2.24) is 9.71 Å². The normalized spacial score (nSPS) is 15.3. The first-order valence-electron chi connectivity index (χ1n) is 4.97. The maximum atomic E-state index is 12.0. The van der Waals surface area contributed by atoms with Crippen molar-refractivity contribution in [3.8, 4) is 0 Å². The molecule has 0 aromatic carbocycles. The van der Waals surface area contributed by atoms with Crippen LogP contribution in [-0.4, -0.2) is 35.7 Å². The Morgan fingerprint density at radius 1 is 1.61 bits per heavy atom. The Morgan fingerprint density at radius 2 is 2.22 bits per heavy atom. The van der Waals surface area contributed by atoms with Crippen molar-refractivity contribution < 1.29 is 12.6 Å². The molecule has 0 fully saturated rings. The van der Waals surface area contributed by atoms with Gasteiger partial charge in [-0.25, -0.2) is 18.1 Å². The summed E-state index contributed by atoms with van der Waals surface area (Å²) in [6.45, 7) is 1.78. The predicted molar refractivity (Wildman–Crippen MR) is 75.1 cm³/mol. The lowest BCUT2D eigenvalue weighted by molar-refractivity contribution is 0.580. The van der Waals surface area contributed by atoms with Crippen molar-refractivity contribution in [2.24, 2.45) is 0 Å². The molecule has 1 aromatic rings. The van der Waals surface area contributed by atoms with Gasteiger partial charge in [-0.3, -0.25) is 4.21 Å². The van der Waals surface area contributed by atoms with Crippen LogP contribution in [0, 0.1) is 0 Å². The number of aromatic nitrogens is 1. The van der Waals surface area contributed by atoms with Crippen molar-refractivity contribution in [2.75, 3.05) is 18.5 Å². The van der Waals surface area contributed by atoms with E-state index in [2.05, 4.69) is 25.6 Å². The van der Waals surface area contributed by atoms with E-state index in [-0.39, 0.29) is 22.5 Å². The second kappa shape index (κ2) is 6.09. The van der Waals surface area contributed by atoms with E-state index in [9.17, 15) is 12.6 Å². The van der Waals surface area contributed by atoms with Crippen molar-refractivity contribution in [1.29, 1.82) is 0 Å². The summed E-state index contributed by atoms with van der Waals surface area (Å²) in [6, 6.07) is 1.37. The molecule has 0 aliphatic heterocycles. The van der Waals surface area contributed by atoms with E-state index in [0.29, 0.717) is 4.47 Å². The van der Waals surface area contributed by atoms with Gasteiger partial charge in [0.25, 0.3) is 0 Å². The predicted octanol–water partition coefficient (Wildman–Crippen LogP) is 0.472. The molecule has 1 rings (SSSR count). The summed E-state index contributed by atoms with van der Waals surface area (Å²) >= 11 is 3.13. The number of nitrogens with two attached hydrogens (primary N) is 1. The van der Waals surface area contributed by atoms with Gasteiger partial charge < -0.3 is 5.73 Å². The molecule has 3 N–H and O–H groups in total. The third-order valence-electron chi connectivity index (χ3n) is 2.27. The van der Waals surface area contributed by atoms with E-state index in [4.69, 9.17) is 5.73 Å². The lowest BCUT2D eigenvalue weighted by atomic mass is 10.5. The molecule has 9 heteroatoms. The van der Waals surface area contributed by atoms with Gasteiger partial charge in [-0.05, 0) is 28.9 Å². The molecule has 1 aromatic heterocycles. The summed E-state index contributed by atoms with van der Waals surface area (Å²) in [6.07, 6.45) is 2.94. The van der Waals surface area contributed by atoms with Crippen LogP contribution in [0.2, 0.25) is 0 Å². The summed E-state index contributed by atoms with van der Waals surface area (Å²) in [5, 5.41) is -0.277. The molecule has 0 aliphatic rings.